The van der Waals surface area contributed by atoms with E-state index in [1.165, 1.54) is 4.90 Å². The van der Waals surface area contributed by atoms with Crippen molar-refractivity contribution in [3.63, 3.8) is 0 Å². The van der Waals surface area contributed by atoms with Gasteiger partial charge in [-0.3, -0.25) is 14.5 Å². The molecule has 0 heterocycles. The Bertz CT molecular complexity index is 543. The molecule has 0 aliphatic rings. The fraction of sp³-hybridized carbons (Fsp3) is 0.579. The molecule has 1 N–H and O–H groups in total. The lowest BCUT2D eigenvalue weighted by molar-refractivity contribution is -0.117. The zero-order valence-electron chi connectivity index (χ0n) is 15.8. The van der Waals surface area contributed by atoms with Crippen molar-refractivity contribution in [2.45, 2.75) is 27.7 Å². The maximum atomic E-state index is 12.4. The summed E-state index contributed by atoms with van der Waals surface area (Å²) in [6, 6.07) is 7.06. The van der Waals surface area contributed by atoms with Crippen molar-refractivity contribution in [2.75, 3.05) is 39.0 Å². The third kappa shape index (κ3) is 7.13. The third-order valence-electron chi connectivity index (χ3n) is 3.41. The molecule has 5 nitrogen and oxygen atoms in total. The molecule has 1 aromatic rings. The topological polar surface area (TPSA) is 52.7 Å². The lowest BCUT2D eigenvalue weighted by Crippen LogP contribution is -2.38. The summed E-state index contributed by atoms with van der Waals surface area (Å²) in [5.74, 6) is 0.897. The van der Waals surface area contributed by atoms with E-state index in [-0.39, 0.29) is 11.8 Å². The number of nitrogens with one attached hydrogen (secondary N) is 1. The number of amides is 2. The molecule has 5 heteroatoms. The molecule has 0 aliphatic heterocycles. The van der Waals surface area contributed by atoms with Crippen molar-refractivity contribution in [3.05, 3.63) is 29.8 Å². The first kappa shape index (κ1) is 20.2. The molecular weight excluding hydrogens is 302 g/mol. The van der Waals surface area contributed by atoms with Gasteiger partial charge in [-0.2, -0.15) is 0 Å². The van der Waals surface area contributed by atoms with Crippen molar-refractivity contribution in [1.82, 2.24) is 9.80 Å². The fourth-order valence-electron chi connectivity index (χ4n) is 2.63. The Hall–Kier alpha value is -1.88. The van der Waals surface area contributed by atoms with Crippen molar-refractivity contribution in [2.24, 2.45) is 11.8 Å². The molecule has 2 amide bonds. The zero-order valence-corrected chi connectivity index (χ0v) is 15.8. The molecular formula is C19H31N3O2. The lowest BCUT2D eigenvalue weighted by Gasteiger charge is -2.25. The summed E-state index contributed by atoms with van der Waals surface area (Å²) in [5, 5.41) is 2.90. The standard InChI is InChI=1S/C19H31N3O2/c1-14(2)11-22(12-15(3)4)13-18(23)20-17-9-7-8-16(10-17)19(24)21(5)6/h7-10,14-15H,11-13H2,1-6H3,(H,20,23). The quantitative estimate of drug-likeness (QED) is 0.796. The van der Waals surface area contributed by atoms with Crippen LogP contribution >= 0.6 is 0 Å². The van der Waals surface area contributed by atoms with Gasteiger partial charge in [0, 0.05) is 38.4 Å². The van der Waals surface area contributed by atoms with E-state index in [1.54, 1.807) is 38.4 Å². The molecule has 1 aromatic carbocycles. The van der Waals surface area contributed by atoms with Crippen LogP contribution in [0.15, 0.2) is 24.3 Å². The van der Waals surface area contributed by atoms with E-state index in [0.29, 0.717) is 29.6 Å². The van der Waals surface area contributed by atoms with Gasteiger partial charge in [0.1, 0.15) is 0 Å². The van der Waals surface area contributed by atoms with Crippen LogP contribution in [0.1, 0.15) is 38.1 Å². The maximum Gasteiger partial charge on any atom is 0.253 e. The minimum atomic E-state index is -0.0765. The number of rotatable bonds is 8. The van der Waals surface area contributed by atoms with Crippen LogP contribution in [0, 0.1) is 11.8 Å². The molecule has 24 heavy (non-hydrogen) atoms. The summed E-state index contributed by atoms with van der Waals surface area (Å²) in [5.41, 5.74) is 1.22. The summed E-state index contributed by atoms with van der Waals surface area (Å²) in [6.07, 6.45) is 0. The number of carbonyl (C=O) groups excluding carboxylic acids is 2. The monoisotopic (exact) mass is 333 g/mol. The summed E-state index contributed by atoms with van der Waals surface area (Å²) in [7, 11) is 3.42. The van der Waals surface area contributed by atoms with Crippen LogP contribution in [-0.4, -0.2) is 55.3 Å². The minimum absolute atomic E-state index is 0.0502. The Morgan fingerprint density at radius 3 is 2.12 bits per heavy atom. The maximum absolute atomic E-state index is 12.4. The van der Waals surface area contributed by atoms with E-state index in [9.17, 15) is 9.59 Å². The van der Waals surface area contributed by atoms with Crippen LogP contribution in [0.2, 0.25) is 0 Å². The highest BCUT2D eigenvalue weighted by Gasteiger charge is 2.15. The number of anilines is 1. The van der Waals surface area contributed by atoms with Gasteiger partial charge in [-0.1, -0.05) is 33.8 Å². The molecule has 0 bridgehead atoms. The van der Waals surface area contributed by atoms with E-state index in [4.69, 9.17) is 0 Å². The average molecular weight is 333 g/mol. The second-order valence-electron chi connectivity index (χ2n) is 7.31. The second kappa shape index (κ2) is 9.42. The minimum Gasteiger partial charge on any atom is -0.345 e. The van der Waals surface area contributed by atoms with Crippen LogP contribution in [-0.2, 0) is 4.79 Å². The Labute approximate surface area is 146 Å². The van der Waals surface area contributed by atoms with Crippen molar-refractivity contribution >= 4 is 17.5 Å². The van der Waals surface area contributed by atoms with Crippen LogP contribution in [0.4, 0.5) is 5.69 Å². The molecule has 0 atom stereocenters. The lowest BCUT2D eigenvalue weighted by atomic mass is 10.1. The number of nitrogens with zero attached hydrogens (tertiary/aromatic N) is 2. The molecule has 0 aromatic heterocycles. The van der Waals surface area contributed by atoms with Crippen molar-refractivity contribution in [1.29, 1.82) is 0 Å². The number of hydrogen-bond donors (Lipinski definition) is 1. The Morgan fingerprint density at radius 2 is 1.62 bits per heavy atom. The van der Waals surface area contributed by atoms with Crippen LogP contribution in [0.5, 0.6) is 0 Å². The van der Waals surface area contributed by atoms with Gasteiger partial charge in [-0.25, -0.2) is 0 Å². The van der Waals surface area contributed by atoms with E-state index in [1.807, 2.05) is 0 Å². The molecule has 1 rings (SSSR count). The summed E-state index contributed by atoms with van der Waals surface area (Å²) in [6.45, 7) is 10.8. The largest absolute Gasteiger partial charge is 0.345 e. The molecule has 0 spiro atoms. The molecule has 0 aliphatic carbocycles. The van der Waals surface area contributed by atoms with Gasteiger partial charge >= 0.3 is 0 Å². The van der Waals surface area contributed by atoms with Gasteiger partial charge in [0.15, 0.2) is 0 Å². The van der Waals surface area contributed by atoms with E-state index >= 15 is 0 Å². The van der Waals surface area contributed by atoms with Crippen molar-refractivity contribution < 1.29 is 9.59 Å². The van der Waals surface area contributed by atoms with E-state index < -0.39 is 0 Å². The SMILES string of the molecule is CC(C)CN(CC(=O)Nc1cccc(C(=O)N(C)C)c1)CC(C)C. The first-order valence-electron chi connectivity index (χ1n) is 8.53. The summed E-state index contributed by atoms with van der Waals surface area (Å²) >= 11 is 0. The van der Waals surface area contributed by atoms with Gasteiger partial charge in [0.05, 0.1) is 6.54 Å². The Kier molecular flexibility index (Phi) is 7.92. The highest BCUT2D eigenvalue weighted by Crippen LogP contribution is 2.12. The van der Waals surface area contributed by atoms with Crippen molar-refractivity contribution in [3.8, 4) is 0 Å². The van der Waals surface area contributed by atoms with Crippen LogP contribution < -0.4 is 5.32 Å². The normalized spacial score (nSPS) is 11.2. The zero-order chi connectivity index (χ0) is 18.3. The van der Waals surface area contributed by atoms with Gasteiger partial charge < -0.3 is 10.2 Å². The summed E-state index contributed by atoms with van der Waals surface area (Å²) in [4.78, 5) is 28.1. The van der Waals surface area contributed by atoms with E-state index in [0.717, 1.165) is 13.1 Å². The number of hydrogen-bond acceptors (Lipinski definition) is 3. The molecule has 0 saturated carbocycles. The predicted molar refractivity (Wildman–Crippen MR) is 99.2 cm³/mol. The van der Waals surface area contributed by atoms with Gasteiger partial charge in [0.2, 0.25) is 5.91 Å². The highest BCUT2D eigenvalue weighted by molar-refractivity contribution is 5.97. The first-order valence-corrected chi connectivity index (χ1v) is 8.53. The summed E-state index contributed by atoms with van der Waals surface area (Å²) < 4.78 is 0. The number of benzene rings is 1. The first-order chi connectivity index (χ1) is 11.2. The molecule has 134 valence electrons. The molecule has 0 fully saturated rings. The smallest absolute Gasteiger partial charge is 0.253 e. The molecule has 0 saturated heterocycles. The van der Waals surface area contributed by atoms with Gasteiger partial charge in [0.25, 0.3) is 5.91 Å². The third-order valence-corrected chi connectivity index (χ3v) is 3.41. The fourth-order valence-corrected chi connectivity index (χ4v) is 2.63. The molecule has 0 radical (unpaired) electrons. The highest BCUT2D eigenvalue weighted by atomic mass is 16.2. The number of carbonyl (C=O) groups is 2. The van der Waals surface area contributed by atoms with Gasteiger partial charge in [-0.15, -0.1) is 0 Å². The van der Waals surface area contributed by atoms with Gasteiger partial charge in [-0.05, 0) is 30.0 Å². The predicted octanol–water partition coefficient (Wildman–Crippen LogP) is 2.94. The van der Waals surface area contributed by atoms with Crippen LogP contribution in [0.3, 0.4) is 0 Å². The second-order valence-corrected chi connectivity index (χ2v) is 7.31. The Balaban J connectivity index is 2.72. The van der Waals surface area contributed by atoms with E-state index in [2.05, 4.69) is 37.9 Å². The Morgan fingerprint density at radius 1 is 1.04 bits per heavy atom. The van der Waals surface area contributed by atoms with Crippen LogP contribution in [0.25, 0.3) is 0 Å². The molecule has 0 unspecified atom stereocenters. The average Bonchev–Trinajstić information content (AvgIpc) is 2.44.